The van der Waals surface area contributed by atoms with Crippen LogP contribution in [-0.2, 0) is 11.2 Å². The number of amides is 1. The summed E-state index contributed by atoms with van der Waals surface area (Å²) < 4.78 is 0. The molecule has 1 fully saturated rings. The highest BCUT2D eigenvalue weighted by molar-refractivity contribution is 5.89. The second kappa shape index (κ2) is 5.31. The number of hydrogen-bond acceptors (Lipinski definition) is 1. The Morgan fingerprint density at radius 3 is 3.00 bits per heavy atom. The molecule has 4 rings (SSSR count). The quantitative estimate of drug-likeness (QED) is 0.845. The van der Waals surface area contributed by atoms with Gasteiger partial charge in [-0.3, -0.25) is 4.79 Å². The zero-order chi connectivity index (χ0) is 15.1. The fourth-order valence-electron chi connectivity index (χ4n) is 4.04. The van der Waals surface area contributed by atoms with Gasteiger partial charge in [0.05, 0.1) is 6.42 Å². The summed E-state index contributed by atoms with van der Waals surface area (Å²) >= 11 is 0. The minimum Gasteiger partial charge on any atom is -0.361 e. The van der Waals surface area contributed by atoms with Crippen molar-refractivity contribution in [3.63, 3.8) is 0 Å². The lowest BCUT2D eigenvalue weighted by molar-refractivity contribution is -0.129. The molecule has 1 aromatic heterocycles. The average molecular weight is 294 g/mol. The molecule has 1 aromatic carbocycles. The summed E-state index contributed by atoms with van der Waals surface area (Å²) in [5.74, 6) is 1.63. The maximum atomic E-state index is 12.7. The first-order valence-corrected chi connectivity index (χ1v) is 8.19. The van der Waals surface area contributed by atoms with Crippen molar-refractivity contribution in [1.82, 2.24) is 9.88 Å². The molecular formula is C19H22N2O. The van der Waals surface area contributed by atoms with Crippen molar-refractivity contribution < 1.29 is 4.79 Å². The van der Waals surface area contributed by atoms with Crippen molar-refractivity contribution in [2.24, 2.45) is 11.8 Å². The van der Waals surface area contributed by atoms with Gasteiger partial charge in [0.15, 0.2) is 0 Å². The second-order valence-corrected chi connectivity index (χ2v) is 6.85. The van der Waals surface area contributed by atoms with Crippen molar-refractivity contribution in [1.29, 1.82) is 0 Å². The Morgan fingerprint density at radius 1 is 1.27 bits per heavy atom. The van der Waals surface area contributed by atoms with Crippen LogP contribution in [0.2, 0.25) is 0 Å². The Morgan fingerprint density at radius 2 is 2.09 bits per heavy atom. The summed E-state index contributed by atoms with van der Waals surface area (Å²) in [6.45, 7) is 4.10. The predicted molar refractivity (Wildman–Crippen MR) is 88.6 cm³/mol. The van der Waals surface area contributed by atoms with Gasteiger partial charge in [-0.15, -0.1) is 0 Å². The maximum absolute atomic E-state index is 12.7. The van der Waals surface area contributed by atoms with Crippen LogP contribution >= 0.6 is 0 Å². The van der Waals surface area contributed by atoms with E-state index in [0.717, 1.165) is 30.6 Å². The van der Waals surface area contributed by atoms with Crippen molar-refractivity contribution >= 4 is 16.8 Å². The predicted octanol–water partition coefficient (Wildman–Crippen LogP) is 3.53. The van der Waals surface area contributed by atoms with Crippen LogP contribution in [0, 0.1) is 11.8 Å². The highest BCUT2D eigenvalue weighted by Gasteiger charge is 2.36. The number of fused-ring (bicyclic) bond motifs is 2. The molecule has 1 amide bonds. The minimum absolute atomic E-state index is 0.275. The molecule has 2 heterocycles. The van der Waals surface area contributed by atoms with Gasteiger partial charge >= 0.3 is 0 Å². The number of H-pyrrole nitrogens is 1. The first kappa shape index (κ1) is 13.6. The Hall–Kier alpha value is -2.03. The Bertz CT molecular complexity index is 743. The Kier molecular flexibility index (Phi) is 3.29. The molecule has 114 valence electrons. The lowest BCUT2D eigenvalue weighted by atomic mass is 9.83. The number of hydrogen-bond donors (Lipinski definition) is 1. The van der Waals surface area contributed by atoms with Crippen molar-refractivity contribution in [3.8, 4) is 0 Å². The summed E-state index contributed by atoms with van der Waals surface area (Å²) in [7, 11) is 0. The molecule has 1 saturated heterocycles. The van der Waals surface area contributed by atoms with Gasteiger partial charge in [-0.25, -0.2) is 0 Å². The molecule has 2 aromatic rings. The van der Waals surface area contributed by atoms with E-state index in [1.165, 1.54) is 17.4 Å². The summed E-state index contributed by atoms with van der Waals surface area (Å²) in [4.78, 5) is 18.0. The van der Waals surface area contributed by atoms with E-state index in [4.69, 9.17) is 0 Å². The lowest BCUT2D eigenvalue weighted by Gasteiger charge is -2.21. The van der Waals surface area contributed by atoms with Gasteiger partial charge in [-0.2, -0.15) is 0 Å². The van der Waals surface area contributed by atoms with Gasteiger partial charge in [0.25, 0.3) is 0 Å². The number of aromatic nitrogens is 1. The Labute approximate surface area is 131 Å². The number of carbonyl (C=O) groups is 1. The van der Waals surface area contributed by atoms with E-state index in [0.29, 0.717) is 18.3 Å². The van der Waals surface area contributed by atoms with Crippen LogP contribution in [-0.4, -0.2) is 28.9 Å². The average Bonchev–Trinajstić information content (AvgIpc) is 3.11. The van der Waals surface area contributed by atoms with Gasteiger partial charge in [0.2, 0.25) is 5.91 Å². The third-order valence-electron chi connectivity index (χ3n) is 5.30. The van der Waals surface area contributed by atoms with Gasteiger partial charge in [-0.1, -0.05) is 29.8 Å². The third kappa shape index (κ3) is 2.35. The van der Waals surface area contributed by atoms with Crippen LogP contribution in [0.25, 0.3) is 10.9 Å². The molecule has 1 aliphatic carbocycles. The number of rotatable bonds is 2. The van der Waals surface area contributed by atoms with E-state index >= 15 is 0 Å². The molecule has 0 saturated carbocycles. The molecule has 2 atom stereocenters. The molecule has 1 N–H and O–H groups in total. The number of benzene rings is 1. The lowest BCUT2D eigenvalue weighted by Crippen LogP contribution is -2.30. The van der Waals surface area contributed by atoms with Crippen LogP contribution in [0.4, 0.5) is 0 Å². The molecule has 22 heavy (non-hydrogen) atoms. The Balaban J connectivity index is 1.47. The van der Waals surface area contributed by atoms with Crippen LogP contribution in [0.15, 0.2) is 42.1 Å². The molecule has 0 bridgehead atoms. The summed E-state index contributed by atoms with van der Waals surface area (Å²) in [5.41, 5.74) is 3.72. The summed E-state index contributed by atoms with van der Waals surface area (Å²) in [6, 6.07) is 8.20. The van der Waals surface area contributed by atoms with Gasteiger partial charge in [0.1, 0.15) is 0 Å². The number of nitrogens with zero attached hydrogens (tertiary/aromatic N) is 1. The molecule has 0 radical (unpaired) electrons. The van der Waals surface area contributed by atoms with E-state index in [1.54, 1.807) is 0 Å². The number of aromatic amines is 1. The summed E-state index contributed by atoms with van der Waals surface area (Å²) in [5, 5.41) is 1.17. The van der Waals surface area contributed by atoms with E-state index in [-0.39, 0.29) is 5.91 Å². The maximum Gasteiger partial charge on any atom is 0.227 e. The van der Waals surface area contributed by atoms with Crippen molar-refractivity contribution in [2.75, 3.05) is 13.1 Å². The largest absolute Gasteiger partial charge is 0.361 e. The van der Waals surface area contributed by atoms with E-state index in [1.807, 2.05) is 18.3 Å². The third-order valence-corrected chi connectivity index (χ3v) is 5.30. The molecule has 2 aliphatic rings. The zero-order valence-electron chi connectivity index (χ0n) is 13.0. The van der Waals surface area contributed by atoms with Crippen LogP contribution in [0.3, 0.4) is 0 Å². The monoisotopic (exact) mass is 294 g/mol. The second-order valence-electron chi connectivity index (χ2n) is 6.85. The fourth-order valence-corrected chi connectivity index (χ4v) is 4.04. The van der Waals surface area contributed by atoms with Crippen molar-refractivity contribution in [2.45, 2.75) is 26.2 Å². The zero-order valence-corrected chi connectivity index (χ0v) is 13.0. The smallest absolute Gasteiger partial charge is 0.227 e. The van der Waals surface area contributed by atoms with E-state index in [2.05, 4.69) is 35.0 Å². The van der Waals surface area contributed by atoms with Crippen molar-refractivity contribution in [3.05, 3.63) is 47.7 Å². The highest BCUT2D eigenvalue weighted by atomic mass is 16.2. The summed E-state index contributed by atoms with van der Waals surface area (Å²) in [6.07, 6.45) is 7.16. The number of carbonyl (C=O) groups excluding carboxylic acids is 1. The van der Waals surface area contributed by atoms with Gasteiger partial charge < -0.3 is 9.88 Å². The van der Waals surface area contributed by atoms with Crippen LogP contribution in [0.1, 0.15) is 25.3 Å². The first-order chi connectivity index (χ1) is 10.7. The van der Waals surface area contributed by atoms with Crippen LogP contribution in [0.5, 0.6) is 0 Å². The number of likely N-dealkylation sites (tertiary alicyclic amines) is 1. The standard InChI is InChI=1S/C19H22N2O/c1-13-6-7-14-11-21(12-16(14)8-13)19(22)9-15-10-20-18-5-3-2-4-17(15)18/h2-6,10,14,16,20H,7-9,11-12H2,1H3/t14-,16+/m1/s1. The number of para-hydroxylation sites is 1. The topological polar surface area (TPSA) is 36.1 Å². The SMILES string of the molecule is CC1=CC[C@@H]2CN(C(=O)Cc3c[nH]c4ccccc34)C[C@@H]2C1. The van der Waals surface area contributed by atoms with Gasteiger partial charge in [-0.05, 0) is 43.2 Å². The normalized spacial score (nSPS) is 24.4. The molecule has 3 nitrogen and oxygen atoms in total. The molecule has 0 unspecified atom stereocenters. The van der Waals surface area contributed by atoms with Gasteiger partial charge in [0, 0.05) is 30.2 Å². The van der Waals surface area contributed by atoms with E-state index < -0.39 is 0 Å². The first-order valence-electron chi connectivity index (χ1n) is 8.19. The van der Waals surface area contributed by atoms with Crippen LogP contribution < -0.4 is 0 Å². The number of nitrogens with one attached hydrogen (secondary N) is 1. The van der Waals surface area contributed by atoms with E-state index in [9.17, 15) is 4.79 Å². The fraction of sp³-hybridized carbons (Fsp3) is 0.421. The minimum atomic E-state index is 0.275. The molecule has 1 aliphatic heterocycles. The number of allylic oxidation sites excluding steroid dienone is 2. The molecule has 3 heteroatoms. The molecular weight excluding hydrogens is 272 g/mol. The molecule has 0 spiro atoms. The highest BCUT2D eigenvalue weighted by Crippen LogP contribution is 2.36.